The molecule has 1 rings (SSSR count). The van der Waals surface area contributed by atoms with Crippen LogP contribution >= 0.6 is 11.3 Å². The van der Waals surface area contributed by atoms with E-state index in [1.54, 1.807) is 13.8 Å². The second-order valence-corrected chi connectivity index (χ2v) is 6.07. The molecule has 5 nitrogen and oxygen atoms in total. The van der Waals surface area contributed by atoms with Gasteiger partial charge in [0, 0.05) is 5.54 Å². The SMILES string of the molecule is CC(C)(Nc1nnc(C(F)(F)F)s1)C(C)(C)C(=O)O. The van der Waals surface area contributed by atoms with Gasteiger partial charge < -0.3 is 10.4 Å². The molecule has 0 bridgehead atoms. The average molecular weight is 297 g/mol. The number of aromatic nitrogens is 2. The Hall–Kier alpha value is -1.38. The molecular formula is C10H14F3N3O2S. The number of rotatable bonds is 4. The van der Waals surface area contributed by atoms with E-state index < -0.39 is 28.1 Å². The van der Waals surface area contributed by atoms with Gasteiger partial charge in [-0.1, -0.05) is 11.3 Å². The van der Waals surface area contributed by atoms with Crippen molar-refractivity contribution in [3.05, 3.63) is 5.01 Å². The predicted octanol–water partition coefficient (Wildman–Crippen LogP) is 2.86. The maximum atomic E-state index is 12.4. The summed E-state index contributed by atoms with van der Waals surface area (Å²) in [6.45, 7) is 6.12. The maximum Gasteiger partial charge on any atom is 0.445 e. The quantitative estimate of drug-likeness (QED) is 0.893. The minimum atomic E-state index is -4.55. The summed E-state index contributed by atoms with van der Waals surface area (Å²) in [5.41, 5.74) is -2.20. The van der Waals surface area contributed by atoms with Gasteiger partial charge in [-0.05, 0) is 27.7 Å². The number of anilines is 1. The lowest BCUT2D eigenvalue weighted by Crippen LogP contribution is -2.50. The molecular weight excluding hydrogens is 283 g/mol. The lowest BCUT2D eigenvalue weighted by atomic mass is 9.74. The number of hydrogen-bond donors (Lipinski definition) is 2. The molecule has 2 N–H and O–H groups in total. The summed E-state index contributed by atoms with van der Waals surface area (Å²) in [5, 5.41) is 17.1. The first-order valence-electron chi connectivity index (χ1n) is 5.30. The van der Waals surface area contributed by atoms with Gasteiger partial charge in [0.15, 0.2) is 0 Å². The minimum Gasteiger partial charge on any atom is -0.481 e. The van der Waals surface area contributed by atoms with Crippen LogP contribution in [0.1, 0.15) is 32.7 Å². The Kier molecular flexibility index (Phi) is 3.81. The van der Waals surface area contributed by atoms with Crippen molar-refractivity contribution in [2.45, 2.75) is 39.4 Å². The molecule has 1 aromatic rings. The number of carbonyl (C=O) groups is 1. The minimum absolute atomic E-state index is 0.0633. The maximum absolute atomic E-state index is 12.4. The first-order valence-corrected chi connectivity index (χ1v) is 6.12. The lowest BCUT2D eigenvalue weighted by molar-refractivity contribution is -0.149. The molecule has 0 atom stereocenters. The molecule has 0 aromatic carbocycles. The van der Waals surface area contributed by atoms with Gasteiger partial charge in [-0.2, -0.15) is 13.2 Å². The van der Waals surface area contributed by atoms with Crippen LogP contribution in [-0.4, -0.2) is 26.8 Å². The standard InChI is InChI=1S/C10H14F3N3O2S/c1-8(2,6(17)18)9(3,4)14-7-16-15-5(19-7)10(11,12)13/h1-4H3,(H,14,16)(H,17,18). The van der Waals surface area contributed by atoms with Crippen LogP contribution in [0.25, 0.3) is 0 Å². The topological polar surface area (TPSA) is 75.1 Å². The largest absolute Gasteiger partial charge is 0.481 e. The van der Waals surface area contributed by atoms with Gasteiger partial charge in [-0.3, -0.25) is 4.79 Å². The molecule has 0 fully saturated rings. The fourth-order valence-electron chi connectivity index (χ4n) is 1.08. The fourth-order valence-corrected chi connectivity index (χ4v) is 1.85. The summed E-state index contributed by atoms with van der Waals surface area (Å²) in [7, 11) is 0. The number of alkyl halides is 3. The molecule has 0 spiro atoms. The van der Waals surface area contributed by atoms with Gasteiger partial charge >= 0.3 is 12.1 Å². The van der Waals surface area contributed by atoms with Gasteiger partial charge in [0.05, 0.1) is 5.41 Å². The highest BCUT2D eigenvalue weighted by Crippen LogP contribution is 2.37. The number of aliphatic carboxylic acids is 1. The highest BCUT2D eigenvalue weighted by atomic mass is 32.1. The molecule has 0 amide bonds. The van der Waals surface area contributed by atoms with E-state index in [9.17, 15) is 18.0 Å². The van der Waals surface area contributed by atoms with Crippen LogP contribution in [0.4, 0.5) is 18.3 Å². The van der Waals surface area contributed by atoms with E-state index in [1.165, 1.54) is 13.8 Å². The second-order valence-electron chi connectivity index (χ2n) is 5.09. The summed E-state index contributed by atoms with van der Waals surface area (Å²) >= 11 is 0.343. The van der Waals surface area contributed by atoms with Crippen molar-refractivity contribution in [3.63, 3.8) is 0 Å². The molecule has 19 heavy (non-hydrogen) atoms. The smallest absolute Gasteiger partial charge is 0.445 e. The molecule has 0 aliphatic carbocycles. The zero-order valence-electron chi connectivity index (χ0n) is 10.8. The Morgan fingerprint density at radius 2 is 1.74 bits per heavy atom. The number of hydrogen-bond acceptors (Lipinski definition) is 5. The van der Waals surface area contributed by atoms with Crippen LogP contribution in [0.2, 0.25) is 0 Å². The summed E-state index contributed by atoms with van der Waals surface area (Å²) in [4.78, 5) is 11.2. The molecule has 1 heterocycles. The molecule has 0 aliphatic rings. The Balaban J connectivity index is 2.96. The van der Waals surface area contributed by atoms with Crippen molar-refractivity contribution >= 4 is 22.4 Å². The second kappa shape index (κ2) is 4.62. The normalized spacial score (nSPS) is 13.4. The summed E-state index contributed by atoms with van der Waals surface area (Å²) in [6, 6.07) is 0. The predicted molar refractivity (Wildman–Crippen MR) is 64.0 cm³/mol. The number of nitrogens with zero attached hydrogens (tertiary/aromatic N) is 2. The first-order chi connectivity index (χ1) is 8.38. The van der Waals surface area contributed by atoms with E-state index >= 15 is 0 Å². The zero-order valence-corrected chi connectivity index (χ0v) is 11.6. The van der Waals surface area contributed by atoms with Gasteiger partial charge in [0.2, 0.25) is 10.1 Å². The highest BCUT2D eigenvalue weighted by Gasteiger charge is 2.44. The summed E-state index contributed by atoms with van der Waals surface area (Å²) in [6.07, 6.45) is -4.55. The van der Waals surface area contributed by atoms with Crippen molar-refractivity contribution in [1.82, 2.24) is 10.2 Å². The summed E-state index contributed by atoms with van der Waals surface area (Å²) in [5.74, 6) is -1.06. The number of halogens is 3. The van der Waals surface area contributed by atoms with Gasteiger partial charge in [0.1, 0.15) is 0 Å². The van der Waals surface area contributed by atoms with E-state index in [-0.39, 0.29) is 5.13 Å². The van der Waals surface area contributed by atoms with Crippen LogP contribution in [0, 0.1) is 5.41 Å². The van der Waals surface area contributed by atoms with E-state index in [2.05, 4.69) is 15.5 Å². The van der Waals surface area contributed by atoms with Crippen LogP contribution in [0.15, 0.2) is 0 Å². The van der Waals surface area contributed by atoms with E-state index in [1.807, 2.05) is 0 Å². The zero-order chi connectivity index (χ0) is 15.1. The lowest BCUT2D eigenvalue weighted by Gasteiger charge is -2.38. The van der Waals surface area contributed by atoms with E-state index in [4.69, 9.17) is 5.11 Å². The van der Waals surface area contributed by atoms with Crippen molar-refractivity contribution in [2.75, 3.05) is 5.32 Å². The van der Waals surface area contributed by atoms with Crippen molar-refractivity contribution in [2.24, 2.45) is 5.41 Å². The van der Waals surface area contributed by atoms with Gasteiger partial charge in [-0.15, -0.1) is 10.2 Å². The van der Waals surface area contributed by atoms with Crippen LogP contribution in [0.3, 0.4) is 0 Å². The van der Waals surface area contributed by atoms with E-state index in [0.29, 0.717) is 11.3 Å². The third kappa shape index (κ3) is 3.14. The molecule has 1 aromatic heterocycles. The third-order valence-electron chi connectivity index (χ3n) is 3.18. The Labute approximate surface area is 111 Å². The van der Waals surface area contributed by atoms with Crippen LogP contribution < -0.4 is 5.32 Å². The molecule has 0 aliphatic heterocycles. The average Bonchev–Trinajstić information content (AvgIpc) is 2.64. The van der Waals surface area contributed by atoms with Crippen LogP contribution in [0.5, 0.6) is 0 Å². The monoisotopic (exact) mass is 297 g/mol. The summed E-state index contributed by atoms with van der Waals surface area (Å²) < 4.78 is 37.1. The van der Waals surface area contributed by atoms with Crippen molar-refractivity contribution < 1.29 is 23.1 Å². The molecule has 9 heteroatoms. The molecule has 0 saturated carbocycles. The van der Waals surface area contributed by atoms with E-state index in [0.717, 1.165) is 0 Å². The molecule has 108 valence electrons. The van der Waals surface area contributed by atoms with Gasteiger partial charge in [0.25, 0.3) is 0 Å². The Morgan fingerprint density at radius 1 is 1.21 bits per heavy atom. The fraction of sp³-hybridized carbons (Fsp3) is 0.700. The molecule has 0 radical (unpaired) electrons. The molecule has 0 unspecified atom stereocenters. The van der Waals surface area contributed by atoms with Crippen molar-refractivity contribution in [1.29, 1.82) is 0 Å². The number of carboxylic acids is 1. The number of carboxylic acid groups (broad SMARTS) is 1. The van der Waals surface area contributed by atoms with Gasteiger partial charge in [-0.25, -0.2) is 0 Å². The first kappa shape index (κ1) is 15.7. The highest BCUT2D eigenvalue weighted by molar-refractivity contribution is 7.15. The van der Waals surface area contributed by atoms with Crippen LogP contribution in [-0.2, 0) is 11.0 Å². The third-order valence-corrected chi connectivity index (χ3v) is 4.07. The Morgan fingerprint density at radius 3 is 2.11 bits per heavy atom. The Bertz CT molecular complexity index is 483. The number of nitrogens with one attached hydrogen (secondary N) is 1. The molecule has 0 saturated heterocycles. The van der Waals surface area contributed by atoms with Crippen molar-refractivity contribution in [3.8, 4) is 0 Å².